The third kappa shape index (κ3) is 8.12. The summed E-state index contributed by atoms with van der Waals surface area (Å²) in [4.78, 5) is 22.6. The fourth-order valence-corrected chi connectivity index (χ4v) is 2.40. The molecule has 0 saturated carbocycles. The van der Waals surface area contributed by atoms with E-state index in [1.54, 1.807) is 37.3 Å². The number of ether oxygens (including phenoxy) is 2. The van der Waals surface area contributed by atoms with Crippen molar-refractivity contribution < 1.29 is 27.5 Å². The minimum Gasteiger partial charge on any atom is -0.463 e. The van der Waals surface area contributed by atoms with E-state index < -0.39 is 28.0 Å². The summed E-state index contributed by atoms with van der Waals surface area (Å²) >= 11 is 0. The van der Waals surface area contributed by atoms with E-state index in [1.807, 2.05) is 0 Å². The predicted octanol–water partition coefficient (Wildman–Crippen LogP) is 0.939. The van der Waals surface area contributed by atoms with Gasteiger partial charge in [0.1, 0.15) is 6.61 Å². The van der Waals surface area contributed by atoms with Crippen LogP contribution >= 0.6 is 0 Å². The Morgan fingerprint density at radius 3 is 2.22 bits per heavy atom. The average Bonchev–Trinajstić information content (AvgIpc) is 2.49. The van der Waals surface area contributed by atoms with Crippen LogP contribution in [0.25, 0.3) is 0 Å². The van der Waals surface area contributed by atoms with Gasteiger partial charge in [-0.15, -0.1) is 0 Å². The normalized spacial score (nSPS) is 12.8. The van der Waals surface area contributed by atoms with E-state index in [-0.39, 0.29) is 13.2 Å². The zero-order valence-corrected chi connectivity index (χ0v) is 13.7. The average molecular weight is 341 g/mol. The Morgan fingerprint density at radius 1 is 1.13 bits per heavy atom. The van der Waals surface area contributed by atoms with Gasteiger partial charge in [-0.1, -0.05) is 30.3 Å². The first kappa shape index (κ1) is 18.9. The first-order valence-electron chi connectivity index (χ1n) is 6.85. The number of esters is 2. The molecule has 126 valence electrons. The van der Waals surface area contributed by atoms with Gasteiger partial charge in [-0.25, -0.2) is 22.7 Å². The molecule has 0 bridgehead atoms. The van der Waals surface area contributed by atoms with Crippen molar-refractivity contribution in [3.8, 4) is 0 Å². The fraction of sp³-hybridized carbons (Fsp3) is 0.333. The molecule has 1 aromatic rings. The molecule has 7 nitrogen and oxygen atoms in total. The van der Waals surface area contributed by atoms with E-state index in [0.717, 1.165) is 18.4 Å². The summed E-state index contributed by atoms with van der Waals surface area (Å²) in [5.74, 6) is -1.42. The van der Waals surface area contributed by atoms with Gasteiger partial charge in [0.15, 0.2) is 0 Å². The third-order valence-electron chi connectivity index (χ3n) is 2.59. The highest BCUT2D eigenvalue weighted by molar-refractivity contribution is 7.88. The minimum absolute atomic E-state index is 0.201. The van der Waals surface area contributed by atoms with Crippen LogP contribution < -0.4 is 4.72 Å². The molecule has 0 saturated heterocycles. The van der Waals surface area contributed by atoms with E-state index in [0.29, 0.717) is 5.56 Å². The maximum atomic E-state index is 11.6. The number of sulfonamides is 1. The van der Waals surface area contributed by atoms with Gasteiger partial charge in [-0.2, -0.15) is 0 Å². The highest BCUT2D eigenvalue weighted by atomic mass is 32.2. The van der Waals surface area contributed by atoms with Gasteiger partial charge in [0.25, 0.3) is 0 Å². The molecular weight excluding hydrogens is 322 g/mol. The maximum absolute atomic E-state index is 11.6. The number of nitrogens with one attached hydrogen (secondary N) is 1. The highest BCUT2D eigenvalue weighted by Gasteiger charge is 2.17. The summed E-state index contributed by atoms with van der Waals surface area (Å²) in [5, 5.41) is 0. The van der Waals surface area contributed by atoms with E-state index in [4.69, 9.17) is 4.74 Å². The Morgan fingerprint density at radius 2 is 1.70 bits per heavy atom. The molecule has 1 N–H and O–H groups in total. The number of carbonyl (C=O) groups is 2. The lowest BCUT2D eigenvalue weighted by atomic mass is 10.1. The van der Waals surface area contributed by atoms with Crippen LogP contribution in [-0.2, 0) is 29.1 Å². The molecule has 23 heavy (non-hydrogen) atoms. The van der Waals surface area contributed by atoms with E-state index in [2.05, 4.69) is 9.46 Å². The van der Waals surface area contributed by atoms with Crippen molar-refractivity contribution in [2.75, 3.05) is 19.5 Å². The quantitative estimate of drug-likeness (QED) is 0.558. The Balaban J connectivity index is 2.68. The minimum atomic E-state index is -3.49. The molecule has 0 aliphatic carbocycles. The van der Waals surface area contributed by atoms with Gasteiger partial charge in [0, 0.05) is 12.2 Å². The van der Waals surface area contributed by atoms with Crippen molar-refractivity contribution in [2.24, 2.45) is 0 Å². The number of benzene rings is 1. The van der Waals surface area contributed by atoms with Gasteiger partial charge in [-0.3, -0.25) is 0 Å². The molecule has 1 unspecified atom stereocenters. The second-order valence-corrected chi connectivity index (χ2v) is 6.35. The van der Waals surface area contributed by atoms with Crippen molar-refractivity contribution in [1.82, 2.24) is 4.72 Å². The summed E-state index contributed by atoms with van der Waals surface area (Å²) in [5.41, 5.74) is 0.653. The Hall–Kier alpha value is -2.19. The Labute approximate surface area is 135 Å². The number of hydrogen-bond donors (Lipinski definition) is 1. The van der Waals surface area contributed by atoms with Gasteiger partial charge >= 0.3 is 11.9 Å². The highest BCUT2D eigenvalue weighted by Crippen LogP contribution is 2.14. The number of rotatable bonds is 8. The van der Waals surface area contributed by atoms with E-state index in [9.17, 15) is 18.0 Å². The number of hydrogen-bond acceptors (Lipinski definition) is 6. The zero-order valence-electron chi connectivity index (χ0n) is 12.9. The van der Waals surface area contributed by atoms with E-state index in [1.165, 1.54) is 0 Å². The van der Waals surface area contributed by atoms with Crippen LogP contribution in [0.1, 0.15) is 18.5 Å². The molecule has 1 rings (SSSR count). The second-order valence-electron chi connectivity index (χ2n) is 4.57. The first-order valence-corrected chi connectivity index (χ1v) is 8.75. The van der Waals surface area contributed by atoms with Crippen LogP contribution in [0.2, 0.25) is 0 Å². The van der Waals surface area contributed by atoms with Crippen LogP contribution in [0.4, 0.5) is 0 Å². The second kappa shape index (κ2) is 9.06. The third-order valence-corrected chi connectivity index (χ3v) is 3.31. The first-order chi connectivity index (χ1) is 10.8. The van der Waals surface area contributed by atoms with Crippen molar-refractivity contribution in [3.63, 3.8) is 0 Å². The lowest BCUT2D eigenvalue weighted by Gasteiger charge is -2.17. The van der Waals surface area contributed by atoms with Crippen LogP contribution in [0.3, 0.4) is 0 Å². The molecule has 0 heterocycles. The lowest BCUT2D eigenvalue weighted by Crippen LogP contribution is -2.31. The molecule has 0 radical (unpaired) electrons. The summed E-state index contributed by atoms with van der Waals surface area (Å²) in [6, 6.07) is 7.99. The largest absolute Gasteiger partial charge is 0.463 e. The molecule has 0 aliphatic rings. The molecular formula is C15H19NO6S. The van der Waals surface area contributed by atoms with Crippen molar-refractivity contribution in [2.45, 2.75) is 13.0 Å². The summed E-state index contributed by atoms with van der Waals surface area (Å²) in [6.45, 7) is 1.64. The predicted molar refractivity (Wildman–Crippen MR) is 83.9 cm³/mol. The van der Waals surface area contributed by atoms with Crippen LogP contribution in [0.5, 0.6) is 0 Å². The molecule has 0 aromatic heterocycles. The summed E-state index contributed by atoms with van der Waals surface area (Å²) in [7, 11) is -3.49. The topological polar surface area (TPSA) is 98.8 Å². The molecule has 1 aromatic carbocycles. The molecule has 8 heteroatoms. The SMILES string of the molecule is CCOC(=O)/C=C/C(=O)OCC(NS(C)(=O)=O)c1ccccc1. The van der Waals surface area contributed by atoms with Crippen LogP contribution in [0.15, 0.2) is 42.5 Å². The van der Waals surface area contributed by atoms with Crippen LogP contribution in [0, 0.1) is 0 Å². The van der Waals surface area contributed by atoms with Gasteiger partial charge in [0.05, 0.1) is 18.9 Å². The van der Waals surface area contributed by atoms with Crippen LogP contribution in [-0.4, -0.2) is 39.8 Å². The standard InChI is InChI=1S/C15H19NO6S/c1-3-21-14(17)9-10-15(18)22-11-13(16-23(2,19)20)12-7-5-4-6-8-12/h4-10,13,16H,3,11H2,1-2H3/b10-9+. The van der Waals surface area contributed by atoms with Gasteiger partial charge < -0.3 is 9.47 Å². The molecule has 0 aliphatic heterocycles. The van der Waals surface area contributed by atoms with Crippen molar-refractivity contribution >= 4 is 22.0 Å². The smallest absolute Gasteiger partial charge is 0.331 e. The summed E-state index contributed by atoms with van der Waals surface area (Å²) in [6.07, 6.45) is 2.90. The molecule has 0 fully saturated rings. The zero-order chi connectivity index (χ0) is 17.3. The maximum Gasteiger partial charge on any atom is 0.331 e. The van der Waals surface area contributed by atoms with Crippen molar-refractivity contribution in [1.29, 1.82) is 0 Å². The van der Waals surface area contributed by atoms with E-state index >= 15 is 0 Å². The Bertz CT molecular complexity index is 654. The molecule has 0 spiro atoms. The van der Waals surface area contributed by atoms with Crippen molar-refractivity contribution in [3.05, 3.63) is 48.0 Å². The lowest BCUT2D eigenvalue weighted by molar-refractivity contribution is -0.140. The number of carbonyl (C=O) groups excluding carboxylic acids is 2. The monoisotopic (exact) mass is 341 g/mol. The molecule has 1 atom stereocenters. The Kier molecular flexibility index (Phi) is 7.43. The summed E-state index contributed by atoms with van der Waals surface area (Å²) < 4.78 is 34.8. The van der Waals surface area contributed by atoms with Gasteiger partial charge in [-0.05, 0) is 12.5 Å². The fourth-order valence-electron chi connectivity index (χ4n) is 1.68. The van der Waals surface area contributed by atoms with Gasteiger partial charge in [0.2, 0.25) is 10.0 Å². The molecule has 0 amide bonds.